The highest BCUT2D eigenvalue weighted by Crippen LogP contribution is 2.33. The number of fused-ring (bicyclic) bond motifs is 1. The van der Waals surface area contributed by atoms with Gasteiger partial charge in [0.25, 0.3) is 0 Å². The first-order chi connectivity index (χ1) is 11.5. The van der Waals surface area contributed by atoms with Crippen molar-refractivity contribution in [3.8, 4) is 11.6 Å². The van der Waals surface area contributed by atoms with Gasteiger partial charge in [0.1, 0.15) is 23.6 Å². The van der Waals surface area contributed by atoms with E-state index in [0.29, 0.717) is 17.1 Å². The van der Waals surface area contributed by atoms with Gasteiger partial charge < -0.3 is 14.0 Å². The van der Waals surface area contributed by atoms with Gasteiger partial charge in [0.05, 0.1) is 7.11 Å². The van der Waals surface area contributed by atoms with E-state index in [2.05, 4.69) is 4.98 Å². The summed E-state index contributed by atoms with van der Waals surface area (Å²) in [6.45, 7) is 3.98. The average Bonchev–Trinajstić information content (AvgIpc) is 2.83. The van der Waals surface area contributed by atoms with Crippen molar-refractivity contribution in [2.75, 3.05) is 7.11 Å². The molecule has 5 nitrogen and oxygen atoms in total. The molecule has 0 aliphatic heterocycles. The second kappa shape index (κ2) is 7.53. The van der Waals surface area contributed by atoms with Crippen LogP contribution in [0.15, 0.2) is 36.5 Å². The number of pyridine rings is 1. The first kappa shape index (κ1) is 18.7. The molecule has 132 valence electrons. The molecule has 2 heterocycles. The van der Waals surface area contributed by atoms with E-state index in [9.17, 15) is 9.18 Å². The Kier molecular flexibility index (Phi) is 5.64. The summed E-state index contributed by atoms with van der Waals surface area (Å²) in [6.07, 6.45) is 1.65. The first-order valence-corrected chi connectivity index (χ1v) is 7.46. The summed E-state index contributed by atoms with van der Waals surface area (Å²) in [5.41, 5.74) is 2.69. The smallest absolute Gasteiger partial charge is 0.325 e. The molecule has 0 aliphatic carbocycles. The van der Waals surface area contributed by atoms with Gasteiger partial charge in [-0.05, 0) is 49.7 Å². The third-order valence-corrected chi connectivity index (χ3v) is 4.06. The number of ether oxygens (including phenoxy) is 2. The van der Waals surface area contributed by atoms with Crippen LogP contribution in [0.1, 0.15) is 11.3 Å². The molecule has 1 aromatic carbocycles. The van der Waals surface area contributed by atoms with Crippen LogP contribution < -0.4 is 4.74 Å². The zero-order valence-electron chi connectivity index (χ0n) is 14.1. The normalized spacial score (nSPS) is 10.4. The number of halogens is 2. The van der Waals surface area contributed by atoms with Gasteiger partial charge in [-0.2, -0.15) is 0 Å². The standard InChI is InChI=1S/C18H17FN2O3.ClH/c1-11-12(2)21(10-16(22)23-3)17-15(11)8-9-20-18(17)24-14-6-4-13(19)5-7-14;/h4-9H,10H2,1-3H3;1H. The lowest BCUT2D eigenvalue weighted by molar-refractivity contribution is -0.141. The highest BCUT2D eigenvalue weighted by Gasteiger charge is 2.18. The van der Waals surface area contributed by atoms with Crippen molar-refractivity contribution < 1.29 is 18.7 Å². The average molecular weight is 365 g/mol. The molecule has 2 aromatic heterocycles. The SMILES string of the molecule is COC(=O)Cn1c(C)c(C)c2ccnc(Oc3ccc(F)cc3)c21.Cl. The molecule has 0 saturated heterocycles. The molecule has 3 aromatic rings. The van der Waals surface area contributed by atoms with Gasteiger partial charge in [0.2, 0.25) is 5.88 Å². The predicted molar refractivity (Wildman–Crippen MR) is 94.9 cm³/mol. The molecule has 0 unspecified atom stereocenters. The maximum absolute atomic E-state index is 13.1. The summed E-state index contributed by atoms with van der Waals surface area (Å²) in [5.74, 6) is 0.137. The van der Waals surface area contributed by atoms with E-state index >= 15 is 0 Å². The number of nitrogens with zero attached hydrogens (tertiary/aromatic N) is 2. The summed E-state index contributed by atoms with van der Waals surface area (Å²) in [4.78, 5) is 16.0. The minimum absolute atomic E-state index is 0. The van der Waals surface area contributed by atoms with E-state index in [0.717, 1.165) is 16.6 Å². The number of aryl methyl sites for hydroxylation is 1. The Morgan fingerprint density at radius 2 is 1.88 bits per heavy atom. The fourth-order valence-electron chi connectivity index (χ4n) is 2.64. The summed E-state index contributed by atoms with van der Waals surface area (Å²) in [7, 11) is 1.35. The molecule has 3 rings (SSSR count). The van der Waals surface area contributed by atoms with Crippen LogP contribution in [0.2, 0.25) is 0 Å². The van der Waals surface area contributed by atoms with E-state index in [1.807, 2.05) is 24.5 Å². The van der Waals surface area contributed by atoms with Crippen LogP contribution in [0, 0.1) is 19.7 Å². The van der Waals surface area contributed by atoms with Crippen molar-refractivity contribution >= 4 is 29.3 Å². The number of carbonyl (C=O) groups is 1. The van der Waals surface area contributed by atoms with Gasteiger partial charge >= 0.3 is 5.97 Å². The van der Waals surface area contributed by atoms with Crippen molar-refractivity contribution in [3.05, 3.63) is 53.6 Å². The summed E-state index contributed by atoms with van der Waals surface area (Å²) >= 11 is 0. The molecule has 0 fully saturated rings. The number of esters is 1. The van der Waals surface area contributed by atoms with Crippen LogP contribution in [0.5, 0.6) is 11.6 Å². The van der Waals surface area contributed by atoms with E-state index in [4.69, 9.17) is 9.47 Å². The molecule has 0 amide bonds. The van der Waals surface area contributed by atoms with Crippen LogP contribution in [-0.2, 0) is 16.1 Å². The molecule has 25 heavy (non-hydrogen) atoms. The van der Waals surface area contributed by atoms with Crippen molar-refractivity contribution in [1.29, 1.82) is 0 Å². The van der Waals surface area contributed by atoms with Crippen LogP contribution >= 0.6 is 12.4 Å². The summed E-state index contributed by atoms with van der Waals surface area (Å²) in [5, 5.41) is 0.948. The molecule has 0 saturated carbocycles. The summed E-state index contributed by atoms with van der Waals surface area (Å²) < 4.78 is 25.5. The fraction of sp³-hybridized carbons (Fsp3) is 0.222. The second-order valence-corrected chi connectivity index (χ2v) is 5.44. The third kappa shape index (κ3) is 3.58. The van der Waals surface area contributed by atoms with Gasteiger partial charge in [0, 0.05) is 17.3 Å². The number of methoxy groups -OCH3 is 1. The van der Waals surface area contributed by atoms with Crippen molar-refractivity contribution in [2.24, 2.45) is 0 Å². The topological polar surface area (TPSA) is 53.4 Å². The quantitative estimate of drug-likeness (QED) is 0.652. The fourth-order valence-corrected chi connectivity index (χ4v) is 2.64. The third-order valence-electron chi connectivity index (χ3n) is 4.06. The Bertz CT molecular complexity index is 907. The molecule has 0 radical (unpaired) electrons. The number of carbonyl (C=O) groups excluding carboxylic acids is 1. The Morgan fingerprint density at radius 3 is 2.52 bits per heavy atom. The Morgan fingerprint density at radius 1 is 1.20 bits per heavy atom. The number of benzene rings is 1. The van der Waals surface area contributed by atoms with Gasteiger partial charge in [-0.15, -0.1) is 12.4 Å². The van der Waals surface area contributed by atoms with Gasteiger partial charge in [-0.3, -0.25) is 4.79 Å². The first-order valence-electron chi connectivity index (χ1n) is 7.46. The lowest BCUT2D eigenvalue weighted by Crippen LogP contribution is -2.13. The molecular formula is C18H18ClFN2O3. The second-order valence-electron chi connectivity index (χ2n) is 5.44. The number of aromatic nitrogens is 2. The molecule has 7 heteroatoms. The van der Waals surface area contributed by atoms with Crippen LogP contribution in [0.25, 0.3) is 10.9 Å². The summed E-state index contributed by atoms with van der Waals surface area (Å²) in [6, 6.07) is 7.58. The van der Waals surface area contributed by atoms with Gasteiger partial charge in [0.15, 0.2) is 0 Å². The van der Waals surface area contributed by atoms with E-state index < -0.39 is 0 Å². The molecule has 0 bridgehead atoms. The van der Waals surface area contributed by atoms with Crippen LogP contribution in [-0.4, -0.2) is 22.6 Å². The van der Waals surface area contributed by atoms with E-state index in [-0.39, 0.29) is 30.7 Å². The molecule has 0 atom stereocenters. The van der Waals surface area contributed by atoms with Crippen LogP contribution in [0.3, 0.4) is 0 Å². The monoisotopic (exact) mass is 364 g/mol. The molecule has 0 aliphatic rings. The largest absolute Gasteiger partial charge is 0.468 e. The Balaban J connectivity index is 0.00000225. The number of hydrogen-bond acceptors (Lipinski definition) is 4. The zero-order chi connectivity index (χ0) is 17.3. The molecule has 0 N–H and O–H groups in total. The number of hydrogen-bond donors (Lipinski definition) is 0. The minimum Gasteiger partial charge on any atom is -0.468 e. The number of rotatable bonds is 4. The van der Waals surface area contributed by atoms with Gasteiger partial charge in [-0.25, -0.2) is 9.37 Å². The van der Waals surface area contributed by atoms with Crippen molar-refractivity contribution in [3.63, 3.8) is 0 Å². The minimum atomic E-state index is -0.355. The lowest BCUT2D eigenvalue weighted by Gasteiger charge is -2.10. The molecule has 0 spiro atoms. The zero-order valence-corrected chi connectivity index (χ0v) is 14.9. The predicted octanol–water partition coefficient (Wildman–Crippen LogP) is 4.18. The molecular weight excluding hydrogens is 347 g/mol. The van der Waals surface area contributed by atoms with E-state index in [1.165, 1.54) is 31.4 Å². The highest BCUT2D eigenvalue weighted by atomic mass is 35.5. The van der Waals surface area contributed by atoms with Crippen molar-refractivity contribution in [2.45, 2.75) is 20.4 Å². The maximum Gasteiger partial charge on any atom is 0.325 e. The van der Waals surface area contributed by atoms with Crippen LogP contribution in [0.4, 0.5) is 4.39 Å². The lowest BCUT2D eigenvalue weighted by atomic mass is 10.2. The Labute approximate surface area is 150 Å². The van der Waals surface area contributed by atoms with Gasteiger partial charge in [-0.1, -0.05) is 0 Å². The Hall–Kier alpha value is -2.60. The highest BCUT2D eigenvalue weighted by molar-refractivity contribution is 5.90. The van der Waals surface area contributed by atoms with Crippen molar-refractivity contribution in [1.82, 2.24) is 9.55 Å². The van der Waals surface area contributed by atoms with E-state index in [1.54, 1.807) is 6.20 Å². The maximum atomic E-state index is 13.1.